The number of para-hydroxylation sites is 1. The molecule has 2 heterocycles. The van der Waals surface area contributed by atoms with E-state index in [-0.39, 0.29) is 5.56 Å². The van der Waals surface area contributed by atoms with Crippen molar-refractivity contribution < 1.29 is 4.74 Å². The van der Waals surface area contributed by atoms with Crippen molar-refractivity contribution in [2.24, 2.45) is 0 Å². The fourth-order valence-corrected chi connectivity index (χ4v) is 2.67. The van der Waals surface area contributed by atoms with Gasteiger partial charge < -0.3 is 9.30 Å². The Labute approximate surface area is 132 Å². The molecule has 0 aliphatic rings. The second-order valence-electron chi connectivity index (χ2n) is 4.89. The zero-order valence-electron chi connectivity index (χ0n) is 12.1. The van der Waals surface area contributed by atoms with Gasteiger partial charge in [-0.3, -0.25) is 14.8 Å². The summed E-state index contributed by atoms with van der Waals surface area (Å²) in [6, 6.07) is 11.4. The van der Waals surface area contributed by atoms with Crippen molar-refractivity contribution in [3.8, 4) is 11.3 Å². The van der Waals surface area contributed by atoms with Crippen LogP contribution < -0.4 is 5.56 Å². The SMILES string of the molecule is COCCn1c(-c2cnc3ccccc3c2)cc(=O)[nH]c1=S. The maximum atomic E-state index is 11.8. The van der Waals surface area contributed by atoms with Gasteiger partial charge in [-0.1, -0.05) is 18.2 Å². The summed E-state index contributed by atoms with van der Waals surface area (Å²) in [7, 11) is 1.63. The Hall–Kier alpha value is -2.31. The van der Waals surface area contributed by atoms with E-state index < -0.39 is 0 Å². The summed E-state index contributed by atoms with van der Waals surface area (Å²) in [6.45, 7) is 1.07. The van der Waals surface area contributed by atoms with E-state index in [0.29, 0.717) is 17.9 Å². The van der Waals surface area contributed by atoms with Gasteiger partial charge in [0.1, 0.15) is 0 Å². The Balaban J connectivity index is 2.20. The number of ether oxygens (including phenoxy) is 1. The van der Waals surface area contributed by atoms with Crippen LogP contribution in [0.1, 0.15) is 0 Å². The van der Waals surface area contributed by atoms with Crippen LogP contribution in [0.2, 0.25) is 0 Å². The normalized spacial score (nSPS) is 11.0. The van der Waals surface area contributed by atoms with Gasteiger partial charge in [-0.25, -0.2) is 0 Å². The molecule has 0 unspecified atom stereocenters. The fourth-order valence-electron chi connectivity index (χ4n) is 2.38. The van der Waals surface area contributed by atoms with Crippen LogP contribution in [0.3, 0.4) is 0 Å². The van der Waals surface area contributed by atoms with Crippen molar-refractivity contribution in [2.45, 2.75) is 6.54 Å². The number of methoxy groups -OCH3 is 1. The first-order valence-corrected chi connectivity index (χ1v) is 7.28. The van der Waals surface area contributed by atoms with E-state index in [1.54, 1.807) is 13.3 Å². The van der Waals surface area contributed by atoms with Crippen LogP contribution in [-0.2, 0) is 11.3 Å². The standard InChI is InChI=1S/C16H15N3O2S/c1-21-7-6-19-14(9-15(20)18-16(19)22)12-8-11-4-2-3-5-13(11)17-10-12/h2-5,8-10H,6-7H2,1H3,(H,18,20,22). The molecule has 0 amide bonds. The van der Waals surface area contributed by atoms with Gasteiger partial charge in [0.15, 0.2) is 4.77 Å². The lowest BCUT2D eigenvalue weighted by atomic mass is 10.1. The van der Waals surface area contributed by atoms with Crippen molar-refractivity contribution >= 4 is 23.1 Å². The van der Waals surface area contributed by atoms with Gasteiger partial charge in [-0.2, -0.15) is 0 Å². The van der Waals surface area contributed by atoms with Crippen molar-refractivity contribution in [2.75, 3.05) is 13.7 Å². The molecule has 0 atom stereocenters. The van der Waals surface area contributed by atoms with Crippen molar-refractivity contribution in [3.63, 3.8) is 0 Å². The first-order chi connectivity index (χ1) is 10.7. The highest BCUT2D eigenvalue weighted by Gasteiger charge is 2.08. The minimum atomic E-state index is -0.221. The molecule has 3 aromatic rings. The van der Waals surface area contributed by atoms with E-state index in [0.717, 1.165) is 22.2 Å². The summed E-state index contributed by atoms with van der Waals surface area (Å²) in [5.41, 5.74) is 2.29. The lowest BCUT2D eigenvalue weighted by Gasteiger charge is -2.13. The third-order valence-electron chi connectivity index (χ3n) is 3.44. The predicted octanol–water partition coefficient (Wildman–Crippen LogP) is 2.77. The predicted molar refractivity (Wildman–Crippen MR) is 88.5 cm³/mol. The van der Waals surface area contributed by atoms with Gasteiger partial charge in [-0.05, 0) is 24.4 Å². The number of benzene rings is 1. The second kappa shape index (κ2) is 6.21. The molecule has 0 radical (unpaired) electrons. The number of nitrogens with one attached hydrogen (secondary N) is 1. The van der Waals surface area contributed by atoms with Crippen LogP contribution in [0, 0.1) is 4.77 Å². The Morgan fingerprint density at radius 3 is 2.95 bits per heavy atom. The topological polar surface area (TPSA) is 59.9 Å². The Morgan fingerprint density at radius 2 is 2.14 bits per heavy atom. The largest absolute Gasteiger partial charge is 0.383 e. The second-order valence-corrected chi connectivity index (χ2v) is 5.27. The Kier molecular flexibility index (Phi) is 4.13. The molecule has 0 spiro atoms. The van der Waals surface area contributed by atoms with Gasteiger partial charge in [0, 0.05) is 36.9 Å². The molecule has 3 rings (SSSR count). The minimum absolute atomic E-state index is 0.221. The Bertz CT molecular complexity index is 930. The van der Waals surface area contributed by atoms with Crippen molar-refractivity contribution in [1.29, 1.82) is 0 Å². The van der Waals surface area contributed by atoms with Crippen molar-refractivity contribution in [3.05, 3.63) is 57.7 Å². The number of hydrogen-bond donors (Lipinski definition) is 1. The van der Waals surface area contributed by atoms with Crippen molar-refractivity contribution in [1.82, 2.24) is 14.5 Å². The number of nitrogens with zero attached hydrogens (tertiary/aromatic N) is 2. The number of hydrogen-bond acceptors (Lipinski definition) is 4. The number of fused-ring (bicyclic) bond motifs is 1. The highest BCUT2D eigenvalue weighted by molar-refractivity contribution is 7.71. The number of aromatic nitrogens is 3. The monoisotopic (exact) mass is 313 g/mol. The van der Waals surface area contributed by atoms with Gasteiger partial charge in [0.05, 0.1) is 17.8 Å². The number of H-pyrrole nitrogens is 1. The molecule has 6 heteroatoms. The molecule has 5 nitrogen and oxygen atoms in total. The van der Waals surface area contributed by atoms with Gasteiger partial charge in [0.25, 0.3) is 5.56 Å². The van der Waals surface area contributed by atoms with Crippen LogP contribution >= 0.6 is 12.2 Å². The highest BCUT2D eigenvalue weighted by Crippen LogP contribution is 2.21. The molecule has 0 aliphatic carbocycles. The summed E-state index contributed by atoms with van der Waals surface area (Å²) >= 11 is 5.27. The van der Waals surface area contributed by atoms with Gasteiger partial charge >= 0.3 is 0 Å². The Morgan fingerprint density at radius 1 is 1.32 bits per heavy atom. The molecule has 0 bridgehead atoms. The smallest absolute Gasteiger partial charge is 0.252 e. The molecule has 1 aromatic carbocycles. The van der Waals surface area contributed by atoms with E-state index in [4.69, 9.17) is 17.0 Å². The van der Waals surface area contributed by atoms with Crippen LogP contribution in [-0.4, -0.2) is 28.3 Å². The molecule has 2 aromatic heterocycles. The minimum Gasteiger partial charge on any atom is -0.383 e. The molecule has 0 fully saturated rings. The number of rotatable bonds is 4. The first kappa shape index (κ1) is 14.6. The summed E-state index contributed by atoms with van der Waals surface area (Å²) in [5, 5.41) is 1.02. The summed E-state index contributed by atoms with van der Waals surface area (Å²) < 4.78 is 7.35. The maximum absolute atomic E-state index is 11.8. The fraction of sp³-hybridized carbons (Fsp3) is 0.188. The molecule has 22 heavy (non-hydrogen) atoms. The highest BCUT2D eigenvalue weighted by atomic mass is 32.1. The van der Waals surface area contributed by atoms with Gasteiger partial charge in [0.2, 0.25) is 0 Å². The summed E-state index contributed by atoms with van der Waals surface area (Å²) in [5.74, 6) is 0. The van der Waals surface area contributed by atoms with Crippen LogP contribution in [0.5, 0.6) is 0 Å². The number of aromatic amines is 1. The van der Waals surface area contributed by atoms with Crippen LogP contribution in [0.4, 0.5) is 0 Å². The lowest BCUT2D eigenvalue weighted by Crippen LogP contribution is -2.16. The van der Waals surface area contributed by atoms with Gasteiger partial charge in [-0.15, -0.1) is 0 Å². The third-order valence-corrected chi connectivity index (χ3v) is 3.76. The van der Waals surface area contributed by atoms with E-state index >= 15 is 0 Å². The molecular weight excluding hydrogens is 298 g/mol. The maximum Gasteiger partial charge on any atom is 0.252 e. The van der Waals surface area contributed by atoms with E-state index in [1.165, 1.54) is 6.07 Å². The summed E-state index contributed by atoms with van der Waals surface area (Å²) in [4.78, 5) is 18.9. The molecule has 112 valence electrons. The zero-order chi connectivity index (χ0) is 15.5. The van der Waals surface area contributed by atoms with E-state index in [1.807, 2.05) is 34.9 Å². The zero-order valence-corrected chi connectivity index (χ0v) is 12.9. The number of pyridine rings is 1. The van der Waals surface area contributed by atoms with E-state index in [9.17, 15) is 4.79 Å². The molecule has 0 saturated heterocycles. The summed E-state index contributed by atoms with van der Waals surface area (Å²) in [6.07, 6.45) is 1.76. The van der Waals surface area contributed by atoms with E-state index in [2.05, 4.69) is 9.97 Å². The third kappa shape index (κ3) is 2.84. The average Bonchev–Trinajstić information content (AvgIpc) is 2.53. The lowest BCUT2D eigenvalue weighted by molar-refractivity contribution is 0.186. The van der Waals surface area contributed by atoms with Crippen LogP contribution in [0.25, 0.3) is 22.2 Å². The molecular formula is C16H15N3O2S. The quantitative estimate of drug-likeness (QED) is 0.752. The molecule has 0 saturated carbocycles. The first-order valence-electron chi connectivity index (χ1n) is 6.87. The average molecular weight is 313 g/mol. The molecule has 1 N–H and O–H groups in total. The van der Waals surface area contributed by atoms with Crippen LogP contribution in [0.15, 0.2) is 47.4 Å². The molecule has 0 aliphatic heterocycles.